The summed E-state index contributed by atoms with van der Waals surface area (Å²) >= 11 is 0. The fourth-order valence-electron chi connectivity index (χ4n) is 3.30. The van der Waals surface area contributed by atoms with Crippen LogP contribution in [0.15, 0.2) is 18.2 Å². The van der Waals surface area contributed by atoms with Crippen molar-refractivity contribution in [3.63, 3.8) is 0 Å². The molecule has 2 unspecified atom stereocenters. The van der Waals surface area contributed by atoms with E-state index in [0.29, 0.717) is 12.8 Å². The average Bonchev–Trinajstić information content (AvgIpc) is 2.77. The maximum atomic E-state index is 13.0. The van der Waals surface area contributed by atoms with Crippen LogP contribution in [0.4, 0.5) is 13.2 Å². The molecule has 116 valence electrons. The van der Waals surface area contributed by atoms with Gasteiger partial charge in [-0.2, -0.15) is 13.2 Å². The molecule has 2 fully saturated rings. The molecule has 2 aliphatic heterocycles. The van der Waals surface area contributed by atoms with Gasteiger partial charge in [0.05, 0.1) is 30.5 Å². The Kier molecular flexibility index (Phi) is 3.41. The van der Waals surface area contributed by atoms with Gasteiger partial charge < -0.3 is 14.6 Å². The van der Waals surface area contributed by atoms with Crippen LogP contribution in [0.1, 0.15) is 36.8 Å². The molecule has 2 saturated heterocycles. The van der Waals surface area contributed by atoms with Crippen molar-refractivity contribution in [2.45, 2.75) is 49.7 Å². The third kappa shape index (κ3) is 2.74. The first-order chi connectivity index (χ1) is 9.80. The van der Waals surface area contributed by atoms with Crippen molar-refractivity contribution in [2.24, 2.45) is 0 Å². The van der Waals surface area contributed by atoms with Gasteiger partial charge in [-0.15, -0.1) is 0 Å². The number of benzene rings is 1. The number of alkyl halides is 3. The Balaban J connectivity index is 2.01. The fourth-order valence-corrected chi connectivity index (χ4v) is 3.30. The maximum absolute atomic E-state index is 13.0. The summed E-state index contributed by atoms with van der Waals surface area (Å²) in [4.78, 5) is 0. The van der Waals surface area contributed by atoms with Gasteiger partial charge in [0.2, 0.25) is 0 Å². The van der Waals surface area contributed by atoms with Crippen LogP contribution in [-0.4, -0.2) is 24.4 Å². The second kappa shape index (κ2) is 4.88. The Bertz CT molecular complexity index is 529. The van der Waals surface area contributed by atoms with Crippen LogP contribution in [0, 0.1) is 0 Å². The van der Waals surface area contributed by atoms with Crippen molar-refractivity contribution in [3.05, 3.63) is 29.3 Å². The van der Waals surface area contributed by atoms with Crippen LogP contribution in [0.3, 0.4) is 0 Å². The van der Waals surface area contributed by atoms with E-state index in [4.69, 9.17) is 9.47 Å². The van der Waals surface area contributed by atoms with E-state index in [0.717, 1.165) is 25.0 Å². The van der Waals surface area contributed by atoms with Gasteiger partial charge in [-0.05, 0) is 36.6 Å². The lowest BCUT2D eigenvalue weighted by Crippen LogP contribution is -2.38. The highest BCUT2D eigenvalue weighted by atomic mass is 19.4. The third-order valence-corrected chi connectivity index (χ3v) is 4.33. The molecule has 21 heavy (non-hydrogen) atoms. The number of hydrogen-bond donors (Lipinski definition) is 1. The molecule has 1 aromatic rings. The monoisotopic (exact) mass is 302 g/mol. The second-order valence-electron chi connectivity index (χ2n) is 5.85. The Morgan fingerprint density at radius 2 is 1.81 bits per heavy atom. The maximum Gasteiger partial charge on any atom is 0.416 e. The lowest BCUT2D eigenvalue weighted by Gasteiger charge is -2.37. The Hall–Kier alpha value is -1.27. The standard InChI is InChI=1S/C15H17F3O3/c1-20-13-5-9(4-10(6-13)15(16,17)18)14(19)7-11-2-3-12(8-14)21-11/h4-6,11-12,19H,2-3,7-8H2,1H3. The minimum Gasteiger partial charge on any atom is -0.497 e. The van der Waals surface area contributed by atoms with Gasteiger partial charge in [0.1, 0.15) is 5.75 Å². The molecule has 0 amide bonds. The number of methoxy groups -OCH3 is 1. The zero-order chi connectivity index (χ0) is 15.3. The predicted octanol–water partition coefficient (Wildman–Crippen LogP) is 3.24. The van der Waals surface area contributed by atoms with Crippen LogP contribution in [0.5, 0.6) is 5.75 Å². The molecule has 0 spiro atoms. The Labute approximate surface area is 120 Å². The molecule has 6 heteroatoms. The zero-order valence-electron chi connectivity index (χ0n) is 11.6. The largest absolute Gasteiger partial charge is 0.497 e. The topological polar surface area (TPSA) is 38.7 Å². The smallest absolute Gasteiger partial charge is 0.416 e. The summed E-state index contributed by atoms with van der Waals surface area (Å²) in [5.74, 6) is 0.104. The first-order valence-corrected chi connectivity index (χ1v) is 6.95. The van der Waals surface area contributed by atoms with Crippen molar-refractivity contribution in [1.29, 1.82) is 0 Å². The molecule has 2 atom stereocenters. The molecule has 3 nitrogen and oxygen atoms in total. The van der Waals surface area contributed by atoms with E-state index in [2.05, 4.69) is 0 Å². The number of fused-ring (bicyclic) bond motifs is 2. The normalized spacial score (nSPS) is 32.2. The SMILES string of the molecule is COc1cc(C(F)(F)F)cc(C2(O)CC3CCC(C2)O3)c1. The van der Waals surface area contributed by atoms with E-state index in [1.165, 1.54) is 13.2 Å². The van der Waals surface area contributed by atoms with Crippen molar-refractivity contribution in [2.75, 3.05) is 7.11 Å². The predicted molar refractivity (Wildman–Crippen MR) is 69.0 cm³/mol. The van der Waals surface area contributed by atoms with E-state index in [1.807, 2.05) is 0 Å². The van der Waals surface area contributed by atoms with Crippen LogP contribution in [0.2, 0.25) is 0 Å². The van der Waals surface area contributed by atoms with E-state index in [1.54, 1.807) is 0 Å². The lowest BCUT2D eigenvalue weighted by atomic mass is 9.82. The molecule has 0 radical (unpaired) electrons. The van der Waals surface area contributed by atoms with Crippen molar-refractivity contribution in [1.82, 2.24) is 0 Å². The zero-order valence-corrected chi connectivity index (χ0v) is 11.6. The van der Waals surface area contributed by atoms with E-state index in [9.17, 15) is 18.3 Å². The second-order valence-corrected chi connectivity index (χ2v) is 5.85. The molecule has 1 aromatic carbocycles. The summed E-state index contributed by atoms with van der Waals surface area (Å²) in [5.41, 5.74) is -1.82. The van der Waals surface area contributed by atoms with Crippen molar-refractivity contribution in [3.8, 4) is 5.75 Å². The van der Waals surface area contributed by atoms with Gasteiger partial charge in [0.25, 0.3) is 0 Å². The first kappa shape index (κ1) is 14.7. The van der Waals surface area contributed by atoms with E-state index >= 15 is 0 Å². The van der Waals surface area contributed by atoms with Crippen LogP contribution >= 0.6 is 0 Å². The van der Waals surface area contributed by atoms with Gasteiger partial charge in [0.15, 0.2) is 0 Å². The quantitative estimate of drug-likeness (QED) is 0.911. The minimum absolute atomic E-state index is 0.0747. The summed E-state index contributed by atoms with van der Waals surface area (Å²) < 4.78 is 49.5. The van der Waals surface area contributed by atoms with Gasteiger partial charge in [-0.1, -0.05) is 0 Å². The molecule has 3 rings (SSSR count). The highest BCUT2D eigenvalue weighted by Crippen LogP contribution is 2.45. The summed E-state index contributed by atoms with van der Waals surface area (Å²) in [6.07, 6.45) is -2.26. The molecule has 2 heterocycles. The lowest BCUT2D eigenvalue weighted by molar-refractivity contribution is -0.138. The molecule has 2 bridgehead atoms. The average molecular weight is 302 g/mol. The van der Waals surface area contributed by atoms with Gasteiger partial charge >= 0.3 is 6.18 Å². The van der Waals surface area contributed by atoms with Crippen molar-refractivity contribution >= 4 is 0 Å². The third-order valence-electron chi connectivity index (χ3n) is 4.33. The minimum atomic E-state index is -4.47. The Morgan fingerprint density at radius 1 is 1.19 bits per heavy atom. The summed E-state index contributed by atoms with van der Waals surface area (Å²) in [6.45, 7) is 0. The molecule has 0 aliphatic carbocycles. The van der Waals surface area contributed by atoms with Crippen LogP contribution in [-0.2, 0) is 16.5 Å². The summed E-state index contributed by atoms with van der Waals surface area (Å²) in [6, 6.07) is 3.45. The van der Waals surface area contributed by atoms with Crippen LogP contribution in [0.25, 0.3) is 0 Å². The number of halogens is 3. The number of aliphatic hydroxyl groups is 1. The fraction of sp³-hybridized carbons (Fsp3) is 0.600. The molecular formula is C15H17F3O3. The number of ether oxygens (including phenoxy) is 2. The van der Waals surface area contributed by atoms with Crippen molar-refractivity contribution < 1.29 is 27.8 Å². The molecule has 2 aliphatic rings. The van der Waals surface area contributed by atoms with Crippen LogP contribution < -0.4 is 4.74 Å². The molecular weight excluding hydrogens is 285 g/mol. The first-order valence-electron chi connectivity index (χ1n) is 6.95. The molecule has 0 aromatic heterocycles. The number of rotatable bonds is 2. The van der Waals surface area contributed by atoms with Gasteiger partial charge in [-0.25, -0.2) is 0 Å². The van der Waals surface area contributed by atoms with E-state index in [-0.39, 0.29) is 23.5 Å². The highest BCUT2D eigenvalue weighted by Gasteiger charge is 2.45. The van der Waals surface area contributed by atoms with E-state index < -0.39 is 17.3 Å². The van der Waals surface area contributed by atoms with Gasteiger partial charge in [-0.3, -0.25) is 0 Å². The Morgan fingerprint density at radius 3 is 2.33 bits per heavy atom. The highest BCUT2D eigenvalue weighted by molar-refractivity contribution is 5.39. The summed E-state index contributed by atoms with van der Waals surface area (Å²) in [5, 5.41) is 10.8. The molecule has 1 N–H and O–H groups in total. The molecule has 0 saturated carbocycles. The number of hydrogen-bond acceptors (Lipinski definition) is 3. The van der Waals surface area contributed by atoms with Gasteiger partial charge in [0, 0.05) is 12.8 Å². The summed E-state index contributed by atoms with van der Waals surface area (Å²) in [7, 11) is 1.32.